The number of nitrogens with zero attached hydrogens (tertiary/aromatic N) is 2. The second-order valence-electron chi connectivity index (χ2n) is 4.54. The van der Waals surface area contributed by atoms with Crippen LogP contribution in [-0.4, -0.2) is 29.5 Å². The zero-order valence-corrected chi connectivity index (χ0v) is 12.2. The first kappa shape index (κ1) is 14.9. The van der Waals surface area contributed by atoms with Crippen LogP contribution in [0.25, 0.3) is 5.69 Å². The largest absolute Gasteiger partial charge is 0.494 e. The highest BCUT2D eigenvalue weighted by atomic mass is 16.5. The SMILES string of the molecule is CCCCOc1ccc(-n2ncc(C(=O)OC)c2N)cc1. The molecule has 0 amide bonds. The molecule has 0 aliphatic heterocycles. The Morgan fingerprint density at radius 1 is 1.33 bits per heavy atom. The van der Waals surface area contributed by atoms with Gasteiger partial charge < -0.3 is 15.2 Å². The fourth-order valence-electron chi connectivity index (χ4n) is 1.85. The van der Waals surface area contributed by atoms with Gasteiger partial charge >= 0.3 is 5.97 Å². The van der Waals surface area contributed by atoms with Crippen molar-refractivity contribution in [1.82, 2.24) is 9.78 Å². The molecule has 1 heterocycles. The van der Waals surface area contributed by atoms with Gasteiger partial charge in [0.05, 0.1) is 25.6 Å². The second kappa shape index (κ2) is 6.78. The molecule has 1 aromatic heterocycles. The third-order valence-electron chi connectivity index (χ3n) is 3.06. The standard InChI is InChI=1S/C15H19N3O3/c1-3-4-9-21-12-7-5-11(6-8-12)18-14(16)13(10-17-18)15(19)20-2/h5-8,10H,3-4,9,16H2,1-2H3. The molecule has 21 heavy (non-hydrogen) atoms. The van der Waals surface area contributed by atoms with Gasteiger partial charge in [0.2, 0.25) is 0 Å². The van der Waals surface area contributed by atoms with Crippen LogP contribution in [0.3, 0.4) is 0 Å². The van der Waals surface area contributed by atoms with Crippen molar-refractivity contribution in [3.8, 4) is 11.4 Å². The summed E-state index contributed by atoms with van der Waals surface area (Å²) in [4.78, 5) is 11.5. The maximum Gasteiger partial charge on any atom is 0.343 e. The van der Waals surface area contributed by atoms with Crippen LogP contribution in [0.1, 0.15) is 30.1 Å². The maximum atomic E-state index is 11.5. The predicted molar refractivity (Wildman–Crippen MR) is 79.7 cm³/mol. The molecule has 0 aliphatic carbocycles. The van der Waals surface area contributed by atoms with Gasteiger partial charge in [-0.25, -0.2) is 9.48 Å². The molecule has 0 aliphatic rings. The monoisotopic (exact) mass is 289 g/mol. The first-order valence-corrected chi connectivity index (χ1v) is 6.82. The average Bonchev–Trinajstić information content (AvgIpc) is 2.89. The van der Waals surface area contributed by atoms with Crippen molar-refractivity contribution in [2.75, 3.05) is 19.5 Å². The number of aromatic nitrogens is 2. The van der Waals surface area contributed by atoms with E-state index in [-0.39, 0.29) is 11.4 Å². The molecule has 2 rings (SSSR count). The number of anilines is 1. The van der Waals surface area contributed by atoms with Crippen LogP contribution in [0, 0.1) is 0 Å². The molecule has 1 aromatic carbocycles. The lowest BCUT2D eigenvalue weighted by Crippen LogP contribution is -2.07. The Morgan fingerprint density at radius 3 is 2.67 bits per heavy atom. The van der Waals surface area contributed by atoms with Gasteiger partial charge in [-0.3, -0.25) is 0 Å². The van der Waals surface area contributed by atoms with Crippen LogP contribution in [0.15, 0.2) is 30.5 Å². The van der Waals surface area contributed by atoms with Crippen molar-refractivity contribution in [1.29, 1.82) is 0 Å². The molecule has 2 N–H and O–H groups in total. The predicted octanol–water partition coefficient (Wildman–Crippen LogP) is 2.42. The smallest absolute Gasteiger partial charge is 0.343 e. The molecule has 2 aromatic rings. The summed E-state index contributed by atoms with van der Waals surface area (Å²) in [6.45, 7) is 2.82. The quantitative estimate of drug-likeness (QED) is 0.652. The summed E-state index contributed by atoms with van der Waals surface area (Å²) in [5.74, 6) is 0.547. The summed E-state index contributed by atoms with van der Waals surface area (Å²) in [7, 11) is 1.31. The zero-order chi connectivity index (χ0) is 15.2. The number of methoxy groups -OCH3 is 1. The molecule has 0 bridgehead atoms. The lowest BCUT2D eigenvalue weighted by atomic mass is 10.3. The maximum absolute atomic E-state index is 11.5. The number of benzene rings is 1. The third-order valence-corrected chi connectivity index (χ3v) is 3.06. The van der Waals surface area contributed by atoms with Crippen LogP contribution in [0.5, 0.6) is 5.75 Å². The van der Waals surface area contributed by atoms with Gasteiger partial charge in [-0.05, 0) is 30.7 Å². The van der Waals surface area contributed by atoms with Crippen molar-refractivity contribution < 1.29 is 14.3 Å². The Balaban J connectivity index is 2.15. The van der Waals surface area contributed by atoms with Crippen molar-refractivity contribution in [3.63, 3.8) is 0 Å². The van der Waals surface area contributed by atoms with E-state index in [1.807, 2.05) is 24.3 Å². The summed E-state index contributed by atoms with van der Waals surface area (Å²) < 4.78 is 11.7. The molecule has 0 unspecified atom stereocenters. The number of ether oxygens (including phenoxy) is 2. The number of nitrogens with two attached hydrogens (primary N) is 1. The van der Waals surface area contributed by atoms with E-state index in [4.69, 9.17) is 10.5 Å². The van der Waals surface area contributed by atoms with Gasteiger partial charge in [0, 0.05) is 0 Å². The summed E-state index contributed by atoms with van der Waals surface area (Å²) in [5.41, 5.74) is 6.92. The fourth-order valence-corrected chi connectivity index (χ4v) is 1.85. The minimum atomic E-state index is -0.502. The number of unbranched alkanes of at least 4 members (excludes halogenated alkanes) is 1. The number of carbonyl (C=O) groups excluding carboxylic acids is 1. The Kier molecular flexibility index (Phi) is 4.81. The van der Waals surface area contributed by atoms with Gasteiger partial charge in [-0.2, -0.15) is 5.10 Å². The van der Waals surface area contributed by atoms with Crippen molar-refractivity contribution in [2.24, 2.45) is 0 Å². The van der Waals surface area contributed by atoms with E-state index in [0.29, 0.717) is 6.61 Å². The highest BCUT2D eigenvalue weighted by Gasteiger charge is 2.16. The Hall–Kier alpha value is -2.50. The first-order chi connectivity index (χ1) is 10.2. The van der Waals surface area contributed by atoms with Gasteiger partial charge in [-0.1, -0.05) is 13.3 Å². The topological polar surface area (TPSA) is 79.4 Å². The molecule has 6 heteroatoms. The second-order valence-corrected chi connectivity index (χ2v) is 4.54. The molecular weight excluding hydrogens is 270 g/mol. The number of nitrogen functional groups attached to an aromatic ring is 1. The Labute approximate surface area is 123 Å². The van der Waals surface area contributed by atoms with Crippen molar-refractivity contribution in [2.45, 2.75) is 19.8 Å². The lowest BCUT2D eigenvalue weighted by Gasteiger charge is -2.08. The molecule has 0 atom stereocenters. The van der Waals surface area contributed by atoms with Crippen LogP contribution in [-0.2, 0) is 4.74 Å². The number of hydrogen-bond acceptors (Lipinski definition) is 5. The highest BCUT2D eigenvalue weighted by molar-refractivity contribution is 5.94. The van der Waals surface area contributed by atoms with Crippen molar-refractivity contribution in [3.05, 3.63) is 36.0 Å². The van der Waals surface area contributed by atoms with Crippen LogP contribution >= 0.6 is 0 Å². The molecule has 112 valence electrons. The molecule has 0 spiro atoms. The summed E-state index contributed by atoms with van der Waals surface area (Å²) >= 11 is 0. The number of rotatable bonds is 6. The molecule has 0 fully saturated rings. The molecule has 0 saturated carbocycles. The average molecular weight is 289 g/mol. The van der Waals surface area contributed by atoms with Gasteiger partial charge in [0.15, 0.2) is 0 Å². The van der Waals surface area contributed by atoms with Crippen molar-refractivity contribution >= 4 is 11.8 Å². The van der Waals surface area contributed by atoms with Crippen LogP contribution < -0.4 is 10.5 Å². The number of hydrogen-bond donors (Lipinski definition) is 1. The van der Waals surface area contributed by atoms with E-state index in [2.05, 4.69) is 16.8 Å². The number of esters is 1. The van der Waals surface area contributed by atoms with E-state index in [1.54, 1.807) is 0 Å². The minimum absolute atomic E-state index is 0.251. The van der Waals surface area contributed by atoms with E-state index >= 15 is 0 Å². The Morgan fingerprint density at radius 2 is 2.05 bits per heavy atom. The third kappa shape index (κ3) is 3.34. The molecule has 0 radical (unpaired) electrons. The van der Waals surface area contributed by atoms with E-state index < -0.39 is 5.97 Å². The molecule has 6 nitrogen and oxygen atoms in total. The van der Waals surface area contributed by atoms with E-state index in [1.165, 1.54) is 18.0 Å². The van der Waals surface area contributed by atoms with E-state index in [0.717, 1.165) is 24.3 Å². The minimum Gasteiger partial charge on any atom is -0.494 e. The zero-order valence-electron chi connectivity index (χ0n) is 12.2. The lowest BCUT2D eigenvalue weighted by molar-refractivity contribution is 0.0602. The summed E-state index contributed by atoms with van der Waals surface area (Å²) in [5, 5.41) is 4.11. The van der Waals surface area contributed by atoms with E-state index in [9.17, 15) is 4.79 Å². The van der Waals surface area contributed by atoms with Crippen LogP contribution in [0.4, 0.5) is 5.82 Å². The summed E-state index contributed by atoms with van der Waals surface area (Å²) in [6, 6.07) is 7.38. The first-order valence-electron chi connectivity index (χ1n) is 6.82. The molecule has 0 saturated heterocycles. The summed E-state index contributed by atoms with van der Waals surface area (Å²) in [6.07, 6.45) is 3.52. The Bertz CT molecular complexity index is 605. The highest BCUT2D eigenvalue weighted by Crippen LogP contribution is 2.20. The van der Waals surface area contributed by atoms with Crippen LogP contribution in [0.2, 0.25) is 0 Å². The fraction of sp³-hybridized carbons (Fsp3) is 0.333. The van der Waals surface area contributed by atoms with Gasteiger partial charge in [0.25, 0.3) is 0 Å². The number of carbonyl (C=O) groups is 1. The van der Waals surface area contributed by atoms with Gasteiger partial charge in [0.1, 0.15) is 17.1 Å². The normalized spacial score (nSPS) is 10.4. The van der Waals surface area contributed by atoms with Gasteiger partial charge in [-0.15, -0.1) is 0 Å². The molecular formula is C15H19N3O3.